The van der Waals surface area contributed by atoms with E-state index in [1.165, 1.54) is 6.07 Å². The standard InChI is InChI=1S/C12H15BrFN/c1-7(2)11-4-3-9-10(14)5-8(13)6-12(9)15-11/h5-7,11,15H,3-4H2,1-2H3. The zero-order valence-electron chi connectivity index (χ0n) is 8.98. The number of halogens is 2. The summed E-state index contributed by atoms with van der Waals surface area (Å²) in [6.07, 6.45) is 1.85. The first-order valence-electron chi connectivity index (χ1n) is 5.32. The molecule has 0 saturated heterocycles. The summed E-state index contributed by atoms with van der Waals surface area (Å²) in [5.74, 6) is 0.481. The smallest absolute Gasteiger partial charge is 0.129 e. The predicted octanol–water partition coefficient (Wildman–Crippen LogP) is 3.97. The Bertz CT molecular complexity index is 376. The molecule has 0 saturated carbocycles. The van der Waals surface area contributed by atoms with Gasteiger partial charge in [-0.2, -0.15) is 0 Å². The highest BCUT2D eigenvalue weighted by Crippen LogP contribution is 2.32. The van der Waals surface area contributed by atoms with E-state index in [9.17, 15) is 4.39 Å². The highest BCUT2D eigenvalue weighted by atomic mass is 79.9. The van der Waals surface area contributed by atoms with Crippen LogP contribution < -0.4 is 5.32 Å². The molecule has 1 unspecified atom stereocenters. The Morgan fingerprint density at radius 1 is 1.47 bits per heavy atom. The van der Waals surface area contributed by atoms with Crippen molar-refractivity contribution < 1.29 is 4.39 Å². The maximum Gasteiger partial charge on any atom is 0.129 e. The summed E-state index contributed by atoms with van der Waals surface area (Å²) >= 11 is 3.32. The second kappa shape index (κ2) is 4.12. The summed E-state index contributed by atoms with van der Waals surface area (Å²) in [4.78, 5) is 0. The number of benzene rings is 1. The number of nitrogens with one attached hydrogen (secondary N) is 1. The van der Waals surface area contributed by atoms with Gasteiger partial charge in [-0.15, -0.1) is 0 Å². The van der Waals surface area contributed by atoms with E-state index >= 15 is 0 Å². The highest BCUT2D eigenvalue weighted by Gasteiger charge is 2.22. The number of hydrogen-bond acceptors (Lipinski definition) is 1. The van der Waals surface area contributed by atoms with Gasteiger partial charge in [0.15, 0.2) is 0 Å². The Morgan fingerprint density at radius 3 is 2.87 bits per heavy atom. The number of hydrogen-bond donors (Lipinski definition) is 1. The van der Waals surface area contributed by atoms with Crippen LogP contribution in [-0.4, -0.2) is 6.04 Å². The minimum Gasteiger partial charge on any atom is -0.382 e. The molecule has 0 radical (unpaired) electrons. The molecule has 82 valence electrons. The zero-order valence-corrected chi connectivity index (χ0v) is 10.6. The second-order valence-electron chi connectivity index (χ2n) is 4.45. The van der Waals surface area contributed by atoms with Crippen molar-refractivity contribution >= 4 is 21.6 Å². The van der Waals surface area contributed by atoms with Gasteiger partial charge in [-0.05, 0) is 30.9 Å². The molecule has 3 heteroatoms. The molecule has 0 amide bonds. The van der Waals surface area contributed by atoms with E-state index in [1.807, 2.05) is 6.07 Å². The fourth-order valence-electron chi connectivity index (χ4n) is 2.06. The van der Waals surface area contributed by atoms with Crippen molar-refractivity contribution in [1.82, 2.24) is 0 Å². The Morgan fingerprint density at radius 2 is 2.20 bits per heavy atom. The number of rotatable bonds is 1. The van der Waals surface area contributed by atoms with Crippen molar-refractivity contribution in [3.8, 4) is 0 Å². The maximum absolute atomic E-state index is 13.6. The van der Waals surface area contributed by atoms with Gasteiger partial charge < -0.3 is 5.32 Å². The lowest BCUT2D eigenvalue weighted by Gasteiger charge is -2.30. The van der Waals surface area contributed by atoms with Crippen LogP contribution in [-0.2, 0) is 6.42 Å². The van der Waals surface area contributed by atoms with Crippen LogP contribution in [0.25, 0.3) is 0 Å². The third-order valence-electron chi connectivity index (χ3n) is 3.01. The SMILES string of the molecule is CC(C)C1CCc2c(F)cc(Br)cc2N1. The Labute approximate surface area is 98.2 Å². The van der Waals surface area contributed by atoms with Crippen LogP contribution in [0.3, 0.4) is 0 Å². The van der Waals surface area contributed by atoms with E-state index in [4.69, 9.17) is 0 Å². The Hall–Kier alpha value is -0.570. The van der Waals surface area contributed by atoms with Gasteiger partial charge in [0.25, 0.3) is 0 Å². The topological polar surface area (TPSA) is 12.0 Å². The van der Waals surface area contributed by atoms with Gasteiger partial charge in [0.1, 0.15) is 5.82 Å². The molecule has 0 aliphatic carbocycles. The Kier molecular flexibility index (Phi) is 3.01. The average molecular weight is 272 g/mol. The predicted molar refractivity (Wildman–Crippen MR) is 64.7 cm³/mol. The van der Waals surface area contributed by atoms with Crippen molar-refractivity contribution in [1.29, 1.82) is 0 Å². The third-order valence-corrected chi connectivity index (χ3v) is 3.47. The molecule has 1 aromatic carbocycles. The van der Waals surface area contributed by atoms with Crippen molar-refractivity contribution in [3.05, 3.63) is 28.0 Å². The maximum atomic E-state index is 13.6. The van der Waals surface area contributed by atoms with Gasteiger partial charge in [0, 0.05) is 21.8 Å². The number of anilines is 1. The van der Waals surface area contributed by atoms with E-state index < -0.39 is 0 Å². The van der Waals surface area contributed by atoms with Crippen molar-refractivity contribution in [2.45, 2.75) is 32.7 Å². The molecule has 15 heavy (non-hydrogen) atoms. The summed E-state index contributed by atoms with van der Waals surface area (Å²) in [6, 6.07) is 3.97. The molecule has 0 bridgehead atoms. The average Bonchev–Trinajstić information content (AvgIpc) is 2.16. The lowest BCUT2D eigenvalue weighted by atomic mass is 9.91. The van der Waals surface area contributed by atoms with Crippen LogP contribution in [0.1, 0.15) is 25.8 Å². The van der Waals surface area contributed by atoms with Crippen molar-refractivity contribution in [2.24, 2.45) is 5.92 Å². The highest BCUT2D eigenvalue weighted by molar-refractivity contribution is 9.10. The summed E-state index contributed by atoms with van der Waals surface area (Å²) in [5, 5.41) is 3.41. The van der Waals surface area contributed by atoms with Gasteiger partial charge >= 0.3 is 0 Å². The summed E-state index contributed by atoms with van der Waals surface area (Å²) in [5.41, 5.74) is 1.78. The molecule has 0 aromatic heterocycles. The molecule has 2 rings (SSSR count). The first-order chi connectivity index (χ1) is 7.08. The van der Waals surface area contributed by atoms with Crippen LogP contribution in [0.2, 0.25) is 0 Å². The largest absolute Gasteiger partial charge is 0.382 e. The minimum atomic E-state index is -0.103. The lowest BCUT2D eigenvalue weighted by Crippen LogP contribution is -2.30. The third kappa shape index (κ3) is 2.17. The molecule has 1 nitrogen and oxygen atoms in total. The molecule has 1 heterocycles. The molecular formula is C12H15BrFN. The molecule has 1 aliphatic rings. The van der Waals surface area contributed by atoms with E-state index in [0.29, 0.717) is 12.0 Å². The zero-order chi connectivity index (χ0) is 11.0. The Balaban J connectivity index is 2.33. The molecule has 1 atom stereocenters. The fourth-order valence-corrected chi connectivity index (χ4v) is 2.49. The first kappa shape index (κ1) is 10.9. The van der Waals surface area contributed by atoms with Crippen LogP contribution >= 0.6 is 15.9 Å². The van der Waals surface area contributed by atoms with E-state index in [2.05, 4.69) is 35.1 Å². The molecule has 0 fully saturated rings. The van der Waals surface area contributed by atoms with Crippen molar-refractivity contribution in [3.63, 3.8) is 0 Å². The molecule has 0 spiro atoms. The number of fused-ring (bicyclic) bond motifs is 1. The second-order valence-corrected chi connectivity index (χ2v) is 5.36. The van der Waals surface area contributed by atoms with Gasteiger partial charge in [0.05, 0.1) is 0 Å². The quantitative estimate of drug-likeness (QED) is 0.815. The monoisotopic (exact) mass is 271 g/mol. The lowest BCUT2D eigenvalue weighted by molar-refractivity contribution is 0.474. The van der Waals surface area contributed by atoms with Gasteiger partial charge in [0.2, 0.25) is 0 Å². The van der Waals surface area contributed by atoms with E-state index in [1.54, 1.807) is 0 Å². The van der Waals surface area contributed by atoms with Crippen LogP contribution in [0, 0.1) is 11.7 Å². The first-order valence-corrected chi connectivity index (χ1v) is 6.11. The molecular weight excluding hydrogens is 257 g/mol. The van der Waals surface area contributed by atoms with Crippen LogP contribution in [0.4, 0.5) is 10.1 Å². The van der Waals surface area contributed by atoms with E-state index in [-0.39, 0.29) is 5.82 Å². The van der Waals surface area contributed by atoms with Gasteiger partial charge in [-0.25, -0.2) is 4.39 Å². The van der Waals surface area contributed by atoms with Crippen LogP contribution in [0.15, 0.2) is 16.6 Å². The summed E-state index contributed by atoms with van der Waals surface area (Å²) in [6.45, 7) is 4.38. The van der Waals surface area contributed by atoms with Gasteiger partial charge in [-0.1, -0.05) is 29.8 Å². The molecule has 1 aliphatic heterocycles. The minimum absolute atomic E-state index is 0.103. The fraction of sp³-hybridized carbons (Fsp3) is 0.500. The van der Waals surface area contributed by atoms with Gasteiger partial charge in [-0.3, -0.25) is 0 Å². The van der Waals surface area contributed by atoms with Crippen molar-refractivity contribution in [2.75, 3.05) is 5.32 Å². The normalized spacial score (nSPS) is 19.9. The molecule has 1 aromatic rings. The summed E-state index contributed by atoms with van der Waals surface area (Å²) in [7, 11) is 0. The van der Waals surface area contributed by atoms with Crippen LogP contribution in [0.5, 0.6) is 0 Å². The summed E-state index contributed by atoms with van der Waals surface area (Å²) < 4.78 is 14.4. The van der Waals surface area contributed by atoms with E-state index in [0.717, 1.165) is 28.6 Å². The molecule has 1 N–H and O–H groups in total.